The molecule has 0 aliphatic heterocycles. The van der Waals surface area contributed by atoms with Crippen molar-refractivity contribution in [3.63, 3.8) is 0 Å². The number of carbonyl (C=O) groups excluding carboxylic acids is 2. The molecule has 0 spiro atoms. The molecule has 0 bridgehead atoms. The summed E-state index contributed by atoms with van der Waals surface area (Å²) in [4.78, 5) is 22.6. The van der Waals surface area contributed by atoms with Crippen molar-refractivity contribution < 1.29 is 14.3 Å². The molecule has 0 aliphatic rings. The van der Waals surface area contributed by atoms with Gasteiger partial charge in [0.2, 0.25) is 0 Å². The van der Waals surface area contributed by atoms with E-state index in [1.807, 2.05) is 13.8 Å². The highest BCUT2D eigenvalue weighted by molar-refractivity contribution is 5.93. The Labute approximate surface area is 107 Å². The lowest BCUT2D eigenvalue weighted by molar-refractivity contribution is 0.0636. The van der Waals surface area contributed by atoms with Crippen molar-refractivity contribution in [3.8, 4) is 0 Å². The Morgan fingerprint density at radius 1 is 1.22 bits per heavy atom. The van der Waals surface area contributed by atoms with E-state index in [0.29, 0.717) is 11.3 Å². The molecule has 4 heteroatoms. The fourth-order valence-electron chi connectivity index (χ4n) is 1.46. The second kappa shape index (κ2) is 5.21. The second-order valence-electron chi connectivity index (χ2n) is 5.27. The molecule has 0 fully saturated rings. The van der Waals surface area contributed by atoms with E-state index < -0.39 is 11.7 Å². The number of carbonyl (C=O) groups is 2. The zero-order chi connectivity index (χ0) is 13.9. The molecule has 0 saturated heterocycles. The minimum Gasteiger partial charge on any atom is -0.444 e. The first-order chi connectivity index (χ1) is 8.23. The van der Waals surface area contributed by atoms with Crippen LogP contribution in [0.4, 0.5) is 10.5 Å². The molecule has 0 heterocycles. The Balaban J connectivity index is 2.94. The fourth-order valence-corrected chi connectivity index (χ4v) is 1.46. The lowest BCUT2D eigenvalue weighted by Crippen LogP contribution is -2.27. The van der Waals surface area contributed by atoms with Crippen molar-refractivity contribution in [2.75, 3.05) is 5.32 Å². The van der Waals surface area contributed by atoms with Crippen LogP contribution in [0.3, 0.4) is 0 Å². The third-order valence-electron chi connectivity index (χ3n) is 2.43. The maximum atomic E-state index is 11.6. The van der Waals surface area contributed by atoms with E-state index in [0.717, 1.165) is 17.4 Å². The maximum absolute atomic E-state index is 11.6. The van der Waals surface area contributed by atoms with Gasteiger partial charge < -0.3 is 4.74 Å². The standard InChI is InChI=1S/C14H19NO3/c1-9-6-11(8-16)12(7-10(9)2)15-13(17)18-14(3,4)5/h6-8H,1-5H3,(H,15,17). The van der Waals surface area contributed by atoms with Crippen LogP contribution in [0.5, 0.6) is 0 Å². The van der Waals surface area contributed by atoms with Crippen LogP contribution in [0.2, 0.25) is 0 Å². The number of aryl methyl sites for hydroxylation is 2. The van der Waals surface area contributed by atoms with Crippen LogP contribution in [-0.4, -0.2) is 18.0 Å². The SMILES string of the molecule is Cc1cc(C=O)c(NC(=O)OC(C)(C)C)cc1C. The van der Waals surface area contributed by atoms with Gasteiger partial charge in [-0.05, 0) is 57.9 Å². The lowest BCUT2D eigenvalue weighted by Gasteiger charge is -2.20. The molecule has 0 aliphatic carbocycles. The number of benzene rings is 1. The van der Waals surface area contributed by atoms with Crippen LogP contribution in [0.1, 0.15) is 42.3 Å². The van der Waals surface area contributed by atoms with Gasteiger partial charge in [0, 0.05) is 5.56 Å². The van der Waals surface area contributed by atoms with E-state index in [-0.39, 0.29) is 0 Å². The first kappa shape index (κ1) is 14.2. The summed E-state index contributed by atoms with van der Waals surface area (Å²) in [6.45, 7) is 9.19. The van der Waals surface area contributed by atoms with Crippen molar-refractivity contribution in [2.45, 2.75) is 40.2 Å². The van der Waals surface area contributed by atoms with Gasteiger partial charge in [-0.25, -0.2) is 4.79 Å². The first-order valence-electron chi connectivity index (χ1n) is 5.79. The number of hydrogen-bond donors (Lipinski definition) is 1. The van der Waals surface area contributed by atoms with E-state index in [2.05, 4.69) is 5.32 Å². The van der Waals surface area contributed by atoms with Gasteiger partial charge in [-0.3, -0.25) is 10.1 Å². The largest absolute Gasteiger partial charge is 0.444 e. The van der Waals surface area contributed by atoms with Crippen molar-refractivity contribution >= 4 is 18.1 Å². The predicted molar refractivity (Wildman–Crippen MR) is 71.2 cm³/mol. The van der Waals surface area contributed by atoms with Crippen molar-refractivity contribution in [2.24, 2.45) is 0 Å². The predicted octanol–water partition coefficient (Wildman–Crippen LogP) is 3.46. The molecule has 1 N–H and O–H groups in total. The fraction of sp³-hybridized carbons (Fsp3) is 0.429. The number of aldehydes is 1. The molecule has 0 aromatic heterocycles. The molecular formula is C14H19NO3. The Kier molecular flexibility index (Phi) is 4.11. The maximum Gasteiger partial charge on any atom is 0.412 e. The van der Waals surface area contributed by atoms with Crippen LogP contribution in [0.25, 0.3) is 0 Å². The summed E-state index contributed by atoms with van der Waals surface area (Å²) in [5.41, 5.74) is 2.37. The zero-order valence-electron chi connectivity index (χ0n) is 11.5. The Morgan fingerprint density at radius 2 is 1.78 bits per heavy atom. The van der Waals surface area contributed by atoms with E-state index in [1.165, 1.54) is 0 Å². The summed E-state index contributed by atoms with van der Waals surface area (Å²) in [5.74, 6) is 0. The smallest absolute Gasteiger partial charge is 0.412 e. The molecule has 1 aromatic rings. The van der Waals surface area contributed by atoms with Gasteiger partial charge in [-0.1, -0.05) is 0 Å². The molecule has 0 unspecified atom stereocenters. The molecule has 98 valence electrons. The van der Waals surface area contributed by atoms with Crippen molar-refractivity contribution in [1.82, 2.24) is 0 Å². The average molecular weight is 249 g/mol. The number of amides is 1. The lowest BCUT2D eigenvalue weighted by atomic mass is 10.0. The molecule has 0 saturated carbocycles. The summed E-state index contributed by atoms with van der Waals surface area (Å²) >= 11 is 0. The molecular weight excluding hydrogens is 230 g/mol. The first-order valence-corrected chi connectivity index (χ1v) is 5.79. The van der Waals surface area contributed by atoms with Gasteiger partial charge in [0.05, 0.1) is 5.69 Å². The monoisotopic (exact) mass is 249 g/mol. The minimum absolute atomic E-state index is 0.448. The third-order valence-corrected chi connectivity index (χ3v) is 2.43. The number of nitrogens with one attached hydrogen (secondary N) is 1. The molecule has 1 amide bonds. The number of anilines is 1. The van der Waals surface area contributed by atoms with Gasteiger partial charge in [0.15, 0.2) is 6.29 Å². The van der Waals surface area contributed by atoms with Crippen LogP contribution in [-0.2, 0) is 4.74 Å². The Hall–Kier alpha value is -1.84. The number of ether oxygens (including phenoxy) is 1. The minimum atomic E-state index is -0.564. The number of hydrogen-bond acceptors (Lipinski definition) is 3. The van der Waals surface area contributed by atoms with Crippen molar-refractivity contribution in [3.05, 3.63) is 28.8 Å². The molecule has 18 heavy (non-hydrogen) atoms. The molecule has 0 atom stereocenters. The molecule has 1 aromatic carbocycles. The highest BCUT2D eigenvalue weighted by Crippen LogP contribution is 2.20. The molecule has 0 radical (unpaired) electrons. The topological polar surface area (TPSA) is 55.4 Å². The summed E-state index contributed by atoms with van der Waals surface area (Å²) in [6.07, 6.45) is 0.160. The molecule has 4 nitrogen and oxygen atoms in total. The van der Waals surface area contributed by atoms with Crippen LogP contribution in [0, 0.1) is 13.8 Å². The third kappa shape index (κ3) is 3.87. The summed E-state index contributed by atoms with van der Waals surface area (Å²) in [6, 6.07) is 3.51. The Bertz CT molecular complexity index is 473. The Morgan fingerprint density at radius 3 is 2.28 bits per heavy atom. The highest BCUT2D eigenvalue weighted by atomic mass is 16.6. The van der Waals surface area contributed by atoms with E-state index >= 15 is 0 Å². The van der Waals surface area contributed by atoms with Gasteiger partial charge >= 0.3 is 6.09 Å². The van der Waals surface area contributed by atoms with E-state index in [1.54, 1.807) is 32.9 Å². The summed E-state index contributed by atoms with van der Waals surface area (Å²) < 4.78 is 5.15. The van der Waals surface area contributed by atoms with Gasteiger partial charge in [-0.15, -0.1) is 0 Å². The zero-order valence-corrected chi connectivity index (χ0v) is 11.5. The van der Waals surface area contributed by atoms with Crippen LogP contribution in [0.15, 0.2) is 12.1 Å². The van der Waals surface area contributed by atoms with Gasteiger partial charge in [0.25, 0.3) is 0 Å². The second-order valence-corrected chi connectivity index (χ2v) is 5.27. The normalized spacial score (nSPS) is 10.9. The van der Waals surface area contributed by atoms with E-state index in [9.17, 15) is 9.59 Å². The quantitative estimate of drug-likeness (QED) is 0.816. The van der Waals surface area contributed by atoms with E-state index in [4.69, 9.17) is 4.74 Å². The van der Waals surface area contributed by atoms with Crippen LogP contribution >= 0.6 is 0 Å². The van der Waals surface area contributed by atoms with Crippen LogP contribution < -0.4 is 5.32 Å². The highest BCUT2D eigenvalue weighted by Gasteiger charge is 2.17. The van der Waals surface area contributed by atoms with Gasteiger partial charge in [0.1, 0.15) is 5.60 Å². The molecule has 1 rings (SSSR count). The van der Waals surface area contributed by atoms with Crippen molar-refractivity contribution in [1.29, 1.82) is 0 Å². The summed E-state index contributed by atoms with van der Waals surface area (Å²) in [7, 11) is 0. The average Bonchev–Trinajstić information content (AvgIpc) is 2.20. The number of rotatable bonds is 2. The summed E-state index contributed by atoms with van der Waals surface area (Å²) in [5, 5.41) is 2.59. The van der Waals surface area contributed by atoms with Gasteiger partial charge in [-0.2, -0.15) is 0 Å².